The van der Waals surface area contributed by atoms with Crippen LogP contribution in [0.4, 0.5) is 5.82 Å². The van der Waals surface area contributed by atoms with E-state index in [1.807, 2.05) is 36.5 Å². The summed E-state index contributed by atoms with van der Waals surface area (Å²) in [6.45, 7) is 4.06. The summed E-state index contributed by atoms with van der Waals surface area (Å²) >= 11 is 1.81. The summed E-state index contributed by atoms with van der Waals surface area (Å²) in [6, 6.07) is 7.55. The monoisotopic (exact) mass is 339 g/mol. The summed E-state index contributed by atoms with van der Waals surface area (Å²) in [5.41, 5.74) is 2.33. The Labute approximate surface area is 145 Å². The lowest BCUT2D eigenvalue weighted by molar-refractivity contribution is 0.462. The maximum Gasteiger partial charge on any atom is 0.139 e. The fraction of sp³-hybridized carbons (Fsp3) is 0.368. The lowest BCUT2D eigenvalue weighted by Crippen LogP contribution is -2.12. The zero-order chi connectivity index (χ0) is 16.7. The third-order valence-electron chi connectivity index (χ3n) is 4.71. The van der Waals surface area contributed by atoms with Crippen LogP contribution in [0.1, 0.15) is 47.6 Å². The van der Waals surface area contributed by atoms with Gasteiger partial charge in [-0.05, 0) is 44.2 Å². The molecule has 24 heavy (non-hydrogen) atoms. The van der Waals surface area contributed by atoms with E-state index in [1.54, 1.807) is 6.07 Å². The Balaban J connectivity index is 1.80. The maximum atomic E-state index is 10.2. The Morgan fingerprint density at radius 1 is 1.25 bits per heavy atom. The number of fused-ring (bicyclic) bond motifs is 3. The number of aromatic nitrogens is 2. The van der Waals surface area contributed by atoms with Gasteiger partial charge in [-0.1, -0.05) is 25.1 Å². The molecule has 0 aliphatic heterocycles. The van der Waals surface area contributed by atoms with Crippen molar-refractivity contribution < 1.29 is 5.11 Å². The first-order valence-corrected chi connectivity index (χ1v) is 9.32. The minimum atomic E-state index is 0.0284. The number of rotatable bonds is 4. The summed E-state index contributed by atoms with van der Waals surface area (Å²) < 4.78 is 0. The Kier molecular flexibility index (Phi) is 3.88. The van der Waals surface area contributed by atoms with Gasteiger partial charge in [0.1, 0.15) is 22.2 Å². The Morgan fingerprint density at radius 3 is 2.88 bits per heavy atom. The number of anilines is 1. The first-order chi connectivity index (χ1) is 11.7. The number of aromatic hydroxyl groups is 1. The molecule has 2 heterocycles. The lowest BCUT2D eigenvalue weighted by Gasteiger charge is -2.20. The third-order valence-corrected chi connectivity index (χ3v) is 5.89. The van der Waals surface area contributed by atoms with Crippen molar-refractivity contribution in [2.75, 3.05) is 5.32 Å². The molecular weight excluding hydrogens is 318 g/mol. The van der Waals surface area contributed by atoms with E-state index in [0.29, 0.717) is 5.75 Å². The molecule has 1 atom stereocenters. The van der Waals surface area contributed by atoms with Gasteiger partial charge < -0.3 is 10.4 Å². The van der Waals surface area contributed by atoms with Gasteiger partial charge >= 0.3 is 0 Å². The van der Waals surface area contributed by atoms with E-state index in [0.717, 1.165) is 41.3 Å². The second-order valence-electron chi connectivity index (χ2n) is 6.32. The minimum absolute atomic E-state index is 0.0284. The van der Waals surface area contributed by atoms with Crippen LogP contribution in [0.5, 0.6) is 5.75 Å². The highest BCUT2D eigenvalue weighted by Crippen LogP contribution is 2.40. The van der Waals surface area contributed by atoms with Crippen LogP contribution in [0.15, 0.2) is 24.3 Å². The molecule has 0 bridgehead atoms. The van der Waals surface area contributed by atoms with Crippen molar-refractivity contribution in [3.8, 4) is 5.75 Å². The molecule has 1 aliphatic rings. The van der Waals surface area contributed by atoms with Crippen LogP contribution < -0.4 is 5.32 Å². The second-order valence-corrected chi connectivity index (χ2v) is 7.40. The van der Waals surface area contributed by atoms with Gasteiger partial charge in [0.05, 0.1) is 11.4 Å². The van der Waals surface area contributed by atoms with Crippen molar-refractivity contribution in [1.82, 2.24) is 9.97 Å². The molecular formula is C19H21N3OS. The fourth-order valence-corrected chi connectivity index (χ4v) is 4.86. The van der Waals surface area contributed by atoms with Crippen LogP contribution >= 0.6 is 11.3 Å². The van der Waals surface area contributed by atoms with Gasteiger partial charge in [0.15, 0.2) is 0 Å². The highest BCUT2D eigenvalue weighted by Gasteiger charge is 2.23. The normalized spacial score (nSPS) is 14.8. The number of hydrogen-bond acceptors (Lipinski definition) is 5. The van der Waals surface area contributed by atoms with E-state index >= 15 is 0 Å². The predicted octanol–water partition coefficient (Wildman–Crippen LogP) is 4.76. The smallest absolute Gasteiger partial charge is 0.139 e. The first kappa shape index (κ1) is 15.4. The average Bonchev–Trinajstić information content (AvgIpc) is 3.13. The van der Waals surface area contributed by atoms with Crippen molar-refractivity contribution in [2.24, 2.45) is 0 Å². The van der Waals surface area contributed by atoms with Crippen LogP contribution in [-0.4, -0.2) is 15.1 Å². The van der Waals surface area contributed by atoms with Crippen molar-refractivity contribution in [3.05, 3.63) is 46.1 Å². The van der Waals surface area contributed by atoms with Crippen LogP contribution in [0, 0.1) is 6.92 Å². The van der Waals surface area contributed by atoms with Gasteiger partial charge in [-0.2, -0.15) is 0 Å². The molecule has 3 aromatic rings. The Bertz CT molecular complexity index is 903. The molecule has 1 aliphatic carbocycles. The highest BCUT2D eigenvalue weighted by molar-refractivity contribution is 7.19. The van der Waals surface area contributed by atoms with Crippen LogP contribution in [0.25, 0.3) is 10.2 Å². The zero-order valence-corrected chi connectivity index (χ0v) is 14.8. The predicted molar refractivity (Wildman–Crippen MR) is 98.9 cm³/mol. The van der Waals surface area contributed by atoms with Crippen LogP contribution in [-0.2, 0) is 12.8 Å². The van der Waals surface area contributed by atoms with Gasteiger partial charge in [0.25, 0.3) is 0 Å². The van der Waals surface area contributed by atoms with Crippen molar-refractivity contribution >= 4 is 27.4 Å². The molecule has 1 aromatic carbocycles. The van der Waals surface area contributed by atoms with E-state index in [-0.39, 0.29) is 6.04 Å². The van der Waals surface area contributed by atoms with Gasteiger partial charge in [0, 0.05) is 10.4 Å². The molecule has 1 unspecified atom stereocenters. The van der Waals surface area contributed by atoms with E-state index < -0.39 is 0 Å². The molecule has 0 radical (unpaired) electrons. The maximum absolute atomic E-state index is 10.2. The number of hydrogen-bond donors (Lipinski definition) is 2. The van der Waals surface area contributed by atoms with Crippen molar-refractivity contribution in [1.29, 1.82) is 0 Å². The number of nitrogens with zero attached hydrogens (tertiary/aromatic N) is 2. The number of thiophene rings is 1. The standard InChI is InChI=1S/C19H21N3OS/c1-3-14(12-7-4-5-9-15(12)23)22-18-17-13-8-6-10-16(13)24-19(17)21-11(2)20-18/h4-5,7,9,14,23H,3,6,8,10H2,1-2H3,(H,20,21,22). The number of para-hydroxylation sites is 1. The molecule has 0 spiro atoms. The molecule has 0 amide bonds. The molecule has 0 fully saturated rings. The third kappa shape index (κ3) is 2.53. The topological polar surface area (TPSA) is 58.0 Å². The summed E-state index contributed by atoms with van der Waals surface area (Å²) in [5.74, 6) is 2.03. The SMILES string of the molecule is CCC(Nc1nc(C)nc2sc3c(c12)CCC3)c1ccccc1O. The van der Waals surface area contributed by atoms with E-state index in [1.165, 1.54) is 22.2 Å². The molecule has 4 nitrogen and oxygen atoms in total. The highest BCUT2D eigenvalue weighted by atomic mass is 32.1. The summed E-state index contributed by atoms with van der Waals surface area (Å²) in [4.78, 5) is 11.9. The lowest BCUT2D eigenvalue weighted by atomic mass is 10.0. The van der Waals surface area contributed by atoms with Gasteiger partial charge in [-0.3, -0.25) is 0 Å². The molecule has 4 rings (SSSR count). The summed E-state index contributed by atoms with van der Waals surface area (Å²) in [6.07, 6.45) is 4.37. The fourth-order valence-electron chi connectivity index (χ4n) is 3.55. The first-order valence-electron chi connectivity index (χ1n) is 8.50. The van der Waals surface area contributed by atoms with E-state index in [9.17, 15) is 5.11 Å². The number of phenols is 1. The van der Waals surface area contributed by atoms with E-state index in [2.05, 4.69) is 17.2 Å². The molecule has 5 heteroatoms. The number of benzene rings is 1. The molecule has 0 saturated heterocycles. The number of phenolic OH excluding ortho intramolecular Hbond substituents is 1. The van der Waals surface area contributed by atoms with E-state index in [4.69, 9.17) is 4.98 Å². The molecule has 2 N–H and O–H groups in total. The van der Waals surface area contributed by atoms with Gasteiger partial charge in [0.2, 0.25) is 0 Å². The second kappa shape index (κ2) is 6.06. The molecule has 0 saturated carbocycles. The number of nitrogens with one attached hydrogen (secondary N) is 1. The summed E-state index contributed by atoms with van der Waals surface area (Å²) in [7, 11) is 0. The van der Waals surface area contributed by atoms with Crippen molar-refractivity contribution in [2.45, 2.75) is 45.6 Å². The van der Waals surface area contributed by atoms with Crippen molar-refractivity contribution in [3.63, 3.8) is 0 Å². The van der Waals surface area contributed by atoms with Crippen LogP contribution in [0.3, 0.4) is 0 Å². The molecule has 124 valence electrons. The zero-order valence-electron chi connectivity index (χ0n) is 14.0. The number of aryl methyl sites for hydroxylation is 3. The Morgan fingerprint density at radius 2 is 2.08 bits per heavy atom. The molecule has 2 aromatic heterocycles. The van der Waals surface area contributed by atoms with Crippen LogP contribution in [0.2, 0.25) is 0 Å². The quantitative estimate of drug-likeness (QED) is 0.720. The average molecular weight is 339 g/mol. The minimum Gasteiger partial charge on any atom is -0.508 e. The summed E-state index contributed by atoms with van der Waals surface area (Å²) in [5, 5.41) is 15.0. The van der Waals surface area contributed by atoms with Gasteiger partial charge in [-0.15, -0.1) is 11.3 Å². The van der Waals surface area contributed by atoms with Gasteiger partial charge in [-0.25, -0.2) is 9.97 Å². The largest absolute Gasteiger partial charge is 0.508 e. The Hall–Kier alpha value is -2.14.